The Morgan fingerprint density at radius 1 is 1.38 bits per heavy atom. The first-order chi connectivity index (χ1) is 7.35. The van der Waals surface area contributed by atoms with Crippen molar-refractivity contribution in [1.82, 2.24) is 5.32 Å². The van der Waals surface area contributed by atoms with Crippen molar-refractivity contribution in [3.8, 4) is 0 Å². The summed E-state index contributed by atoms with van der Waals surface area (Å²) < 4.78 is 0. The van der Waals surface area contributed by atoms with Gasteiger partial charge in [0.1, 0.15) is 6.04 Å². The van der Waals surface area contributed by atoms with Gasteiger partial charge in [-0.05, 0) is 19.3 Å². The summed E-state index contributed by atoms with van der Waals surface area (Å²) in [5, 5.41) is 11.1. The maximum absolute atomic E-state index is 11.5. The highest BCUT2D eigenvalue weighted by atomic mass is 16.4. The Morgan fingerprint density at radius 3 is 2.31 bits per heavy atom. The Balaban J connectivity index is 2.47. The molecule has 7 nitrogen and oxygen atoms in total. The van der Waals surface area contributed by atoms with Crippen LogP contribution in [-0.4, -0.2) is 34.5 Å². The summed E-state index contributed by atoms with van der Waals surface area (Å²) in [5.74, 6) is -2.28. The predicted molar refractivity (Wildman–Crippen MR) is 54.1 cm³/mol. The number of primary amides is 1. The van der Waals surface area contributed by atoms with Crippen molar-refractivity contribution in [3.05, 3.63) is 0 Å². The molecule has 0 saturated heterocycles. The van der Waals surface area contributed by atoms with E-state index >= 15 is 0 Å². The molecule has 6 N–H and O–H groups in total. The minimum atomic E-state index is -1.20. The van der Waals surface area contributed by atoms with Gasteiger partial charge in [0.25, 0.3) is 0 Å². The van der Waals surface area contributed by atoms with Gasteiger partial charge < -0.3 is 21.9 Å². The molecular formula is C9H15N3O4. The molecule has 2 amide bonds. The van der Waals surface area contributed by atoms with E-state index < -0.39 is 29.4 Å². The molecule has 0 aliphatic heterocycles. The largest absolute Gasteiger partial charge is 0.480 e. The predicted octanol–water partition coefficient (Wildman–Crippen LogP) is -1.69. The van der Waals surface area contributed by atoms with Gasteiger partial charge in [0.2, 0.25) is 11.8 Å². The van der Waals surface area contributed by atoms with Crippen LogP contribution in [0.15, 0.2) is 0 Å². The molecule has 1 rings (SSSR count). The molecule has 0 aromatic carbocycles. The zero-order valence-electron chi connectivity index (χ0n) is 8.73. The van der Waals surface area contributed by atoms with E-state index in [1.807, 2.05) is 0 Å². The molecule has 0 unspecified atom stereocenters. The molecule has 0 spiro atoms. The van der Waals surface area contributed by atoms with E-state index in [0.29, 0.717) is 12.8 Å². The van der Waals surface area contributed by atoms with E-state index in [0.717, 1.165) is 0 Å². The Hall–Kier alpha value is -1.63. The number of carboxylic acids is 1. The topological polar surface area (TPSA) is 136 Å². The SMILES string of the molecule is NC(=O)CC[C@H](NC(=O)C1(N)CC1)C(=O)O. The fraction of sp³-hybridized carbons (Fsp3) is 0.667. The van der Waals surface area contributed by atoms with Crippen molar-refractivity contribution in [1.29, 1.82) is 0 Å². The number of hydrogen-bond donors (Lipinski definition) is 4. The third-order valence-corrected chi connectivity index (χ3v) is 2.52. The van der Waals surface area contributed by atoms with E-state index in [4.69, 9.17) is 16.6 Å². The summed E-state index contributed by atoms with van der Waals surface area (Å²) in [4.78, 5) is 32.8. The molecule has 0 aromatic heterocycles. The second-order valence-electron chi connectivity index (χ2n) is 4.03. The first-order valence-corrected chi connectivity index (χ1v) is 4.96. The molecule has 1 fully saturated rings. The number of carboxylic acid groups (broad SMARTS) is 1. The molecule has 1 atom stereocenters. The lowest BCUT2D eigenvalue weighted by Crippen LogP contribution is -2.50. The molecule has 0 radical (unpaired) electrons. The number of carbonyl (C=O) groups excluding carboxylic acids is 2. The van der Waals surface area contributed by atoms with Crippen molar-refractivity contribution in [3.63, 3.8) is 0 Å². The van der Waals surface area contributed by atoms with Crippen LogP contribution in [0.4, 0.5) is 0 Å². The van der Waals surface area contributed by atoms with Gasteiger partial charge in [-0.2, -0.15) is 0 Å². The van der Waals surface area contributed by atoms with Gasteiger partial charge >= 0.3 is 5.97 Å². The van der Waals surface area contributed by atoms with Crippen molar-refractivity contribution < 1.29 is 19.5 Å². The summed E-state index contributed by atoms with van der Waals surface area (Å²) in [5.41, 5.74) is 9.58. The smallest absolute Gasteiger partial charge is 0.326 e. The summed E-state index contributed by atoms with van der Waals surface area (Å²) >= 11 is 0. The zero-order chi connectivity index (χ0) is 12.3. The molecule has 7 heteroatoms. The first-order valence-electron chi connectivity index (χ1n) is 4.96. The average molecular weight is 229 g/mol. The van der Waals surface area contributed by atoms with Crippen LogP contribution in [-0.2, 0) is 14.4 Å². The molecule has 90 valence electrons. The van der Waals surface area contributed by atoms with Crippen LogP contribution < -0.4 is 16.8 Å². The number of rotatable bonds is 6. The van der Waals surface area contributed by atoms with Crippen molar-refractivity contribution in [2.24, 2.45) is 11.5 Å². The molecule has 0 bridgehead atoms. The molecule has 1 aliphatic carbocycles. The lowest BCUT2D eigenvalue weighted by atomic mass is 10.1. The van der Waals surface area contributed by atoms with E-state index in [1.54, 1.807) is 0 Å². The summed E-state index contributed by atoms with van der Waals surface area (Å²) in [6.45, 7) is 0. The van der Waals surface area contributed by atoms with Gasteiger partial charge in [-0.3, -0.25) is 9.59 Å². The minimum Gasteiger partial charge on any atom is -0.480 e. The zero-order valence-corrected chi connectivity index (χ0v) is 8.73. The van der Waals surface area contributed by atoms with Crippen molar-refractivity contribution >= 4 is 17.8 Å². The monoisotopic (exact) mass is 229 g/mol. The van der Waals surface area contributed by atoms with Gasteiger partial charge in [0.15, 0.2) is 0 Å². The van der Waals surface area contributed by atoms with Crippen LogP contribution >= 0.6 is 0 Å². The van der Waals surface area contributed by atoms with Crippen LogP contribution in [0.5, 0.6) is 0 Å². The molecule has 1 saturated carbocycles. The summed E-state index contributed by atoms with van der Waals surface area (Å²) in [6.07, 6.45) is 1.00. The number of aliphatic carboxylic acids is 1. The van der Waals surface area contributed by atoms with Gasteiger partial charge in [0.05, 0.1) is 5.54 Å². The highest BCUT2D eigenvalue weighted by molar-refractivity contribution is 5.92. The van der Waals surface area contributed by atoms with Crippen LogP contribution in [0.2, 0.25) is 0 Å². The summed E-state index contributed by atoms with van der Waals surface area (Å²) in [7, 11) is 0. The number of nitrogens with one attached hydrogen (secondary N) is 1. The Labute approximate surface area is 92.2 Å². The van der Waals surface area contributed by atoms with E-state index in [1.165, 1.54) is 0 Å². The number of amides is 2. The molecule has 0 heterocycles. The van der Waals surface area contributed by atoms with Gasteiger partial charge in [-0.25, -0.2) is 4.79 Å². The Morgan fingerprint density at radius 2 is 1.94 bits per heavy atom. The quantitative estimate of drug-likeness (QED) is 0.431. The van der Waals surface area contributed by atoms with Gasteiger partial charge in [-0.1, -0.05) is 0 Å². The number of carbonyl (C=O) groups is 3. The fourth-order valence-electron chi connectivity index (χ4n) is 1.21. The highest BCUT2D eigenvalue weighted by Crippen LogP contribution is 2.32. The molecule has 1 aliphatic rings. The Bertz CT molecular complexity index is 325. The lowest BCUT2D eigenvalue weighted by Gasteiger charge is -2.16. The highest BCUT2D eigenvalue weighted by Gasteiger charge is 2.46. The first kappa shape index (κ1) is 12.4. The normalized spacial score (nSPS) is 18.6. The maximum atomic E-state index is 11.5. The third-order valence-electron chi connectivity index (χ3n) is 2.52. The van der Waals surface area contributed by atoms with Gasteiger partial charge in [0, 0.05) is 6.42 Å². The van der Waals surface area contributed by atoms with Crippen molar-refractivity contribution in [2.75, 3.05) is 0 Å². The summed E-state index contributed by atoms with van der Waals surface area (Å²) in [6, 6.07) is -1.11. The Kier molecular flexibility index (Phi) is 3.48. The third kappa shape index (κ3) is 3.20. The van der Waals surface area contributed by atoms with Crippen molar-refractivity contribution in [2.45, 2.75) is 37.3 Å². The standard InChI is InChI=1S/C9H15N3O4/c10-6(13)2-1-5(7(14)15)12-8(16)9(11)3-4-9/h5H,1-4,11H2,(H2,10,13)(H,12,16)(H,14,15)/t5-/m0/s1. The fourth-order valence-corrected chi connectivity index (χ4v) is 1.21. The van der Waals surface area contributed by atoms with Crippen LogP contribution in [0.1, 0.15) is 25.7 Å². The number of nitrogens with two attached hydrogens (primary N) is 2. The van der Waals surface area contributed by atoms with E-state index in [-0.39, 0.29) is 12.8 Å². The van der Waals surface area contributed by atoms with Crippen LogP contribution in [0.3, 0.4) is 0 Å². The van der Waals surface area contributed by atoms with Crippen LogP contribution in [0, 0.1) is 0 Å². The maximum Gasteiger partial charge on any atom is 0.326 e. The van der Waals surface area contributed by atoms with Crippen LogP contribution in [0.25, 0.3) is 0 Å². The number of hydrogen-bond acceptors (Lipinski definition) is 4. The average Bonchev–Trinajstić information content (AvgIpc) is 2.91. The van der Waals surface area contributed by atoms with E-state index in [2.05, 4.69) is 5.32 Å². The minimum absolute atomic E-state index is 0.0213. The van der Waals surface area contributed by atoms with Gasteiger partial charge in [-0.15, -0.1) is 0 Å². The second kappa shape index (κ2) is 4.48. The molecule has 0 aromatic rings. The molecular weight excluding hydrogens is 214 g/mol. The van der Waals surface area contributed by atoms with E-state index in [9.17, 15) is 14.4 Å². The second-order valence-corrected chi connectivity index (χ2v) is 4.03. The lowest BCUT2D eigenvalue weighted by molar-refractivity contribution is -0.142. The molecule has 16 heavy (non-hydrogen) atoms.